The lowest BCUT2D eigenvalue weighted by molar-refractivity contribution is -0.122. The molecule has 2 N–H and O–H groups in total. The second-order valence-electron chi connectivity index (χ2n) is 5.90. The van der Waals surface area contributed by atoms with Crippen LogP contribution in [0.3, 0.4) is 0 Å². The molecule has 0 bridgehead atoms. The highest BCUT2D eigenvalue weighted by atomic mass is 32.2. The molecule has 1 amide bonds. The zero-order chi connectivity index (χ0) is 16.9. The number of nitrogens with one attached hydrogen (secondary N) is 2. The highest BCUT2D eigenvalue weighted by Crippen LogP contribution is 2.16. The second-order valence-corrected chi connectivity index (χ2v) is 7.92. The molecule has 0 radical (unpaired) electrons. The zero-order valence-electron chi connectivity index (χ0n) is 13.5. The third kappa shape index (κ3) is 5.51. The molecule has 1 saturated heterocycles. The van der Waals surface area contributed by atoms with Gasteiger partial charge >= 0.3 is 0 Å². The molecule has 0 aromatic heterocycles. The number of rotatable bonds is 6. The Hall–Kier alpha value is -1.60. The number of sulfone groups is 1. The van der Waals surface area contributed by atoms with Gasteiger partial charge in [-0.05, 0) is 50.6 Å². The van der Waals surface area contributed by atoms with Gasteiger partial charge in [-0.2, -0.15) is 0 Å². The molecule has 2 unspecified atom stereocenters. The van der Waals surface area contributed by atoms with Gasteiger partial charge in [0.2, 0.25) is 5.91 Å². The fourth-order valence-electron chi connectivity index (χ4n) is 2.56. The van der Waals surface area contributed by atoms with Crippen LogP contribution in [0.25, 0.3) is 0 Å². The van der Waals surface area contributed by atoms with Crippen LogP contribution < -0.4 is 15.4 Å². The van der Waals surface area contributed by atoms with Crippen molar-refractivity contribution in [3.05, 3.63) is 24.3 Å². The van der Waals surface area contributed by atoms with Crippen LogP contribution in [-0.2, 0) is 14.6 Å². The van der Waals surface area contributed by atoms with Gasteiger partial charge < -0.3 is 15.4 Å². The molecule has 2 atom stereocenters. The molecule has 6 nitrogen and oxygen atoms in total. The summed E-state index contributed by atoms with van der Waals surface area (Å²) in [6.07, 6.45) is 3.50. The number of amides is 1. The number of carbonyl (C=O) groups excluding carboxylic acids is 1. The first kappa shape index (κ1) is 17.7. The van der Waals surface area contributed by atoms with Gasteiger partial charge in [-0.3, -0.25) is 4.79 Å². The molecule has 0 aliphatic carbocycles. The zero-order valence-corrected chi connectivity index (χ0v) is 14.4. The average molecular weight is 340 g/mol. The molecule has 1 aliphatic heterocycles. The summed E-state index contributed by atoms with van der Waals surface area (Å²) in [5, 5.41) is 6.36. The molecule has 128 valence electrons. The molecule has 1 aromatic rings. The van der Waals surface area contributed by atoms with Gasteiger partial charge in [0.25, 0.3) is 0 Å². The topological polar surface area (TPSA) is 84.5 Å². The third-order valence-corrected chi connectivity index (χ3v) is 5.09. The molecule has 2 rings (SSSR count). The number of hydrogen-bond acceptors (Lipinski definition) is 5. The minimum absolute atomic E-state index is 0.0293. The molecule has 1 aromatic carbocycles. The van der Waals surface area contributed by atoms with E-state index in [9.17, 15) is 13.2 Å². The van der Waals surface area contributed by atoms with Gasteiger partial charge in [0.15, 0.2) is 9.84 Å². The number of piperidine rings is 1. The number of ether oxygens (including phenoxy) is 1. The van der Waals surface area contributed by atoms with Gasteiger partial charge in [-0.25, -0.2) is 8.42 Å². The van der Waals surface area contributed by atoms with Crippen LogP contribution in [0.5, 0.6) is 5.75 Å². The first-order chi connectivity index (χ1) is 10.9. The predicted octanol–water partition coefficient (Wildman–Crippen LogP) is 1.12. The molecule has 7 heteroatoms. The largest absolute Gasteiger partial charge is 0.493 e. The van der Waals surface area contributed by atoms with E-state index >= 15 is 0 Å². The fraction of sp³-hybridized carbons (Fsp3) is 0.562. The molecular weight excluding hydrogens is 316 g/mol. The quantitative estimate of drug-likeness (QED) is 0.810. The summed E-state index contributed by atoms with van der Waals surface area (Å²) >= 11 is 0. The van der Waals surface area contributed by atoms with Crippen LogP contribution in [0.1, 0.15) is 26.2 Å². The summed E-state index contributed by atoms with van der Waals surface area (Å²) in [5.74, 6) is 0.524. The SMILES string of the molecule is CC1NCCCC1NC(=O)CCOc1ccc(S(C)(=O)=O)cc1. The lowest BCUT2D eigenvalue weighted by atomic mass is 10.00. The normalized spacial score (nSPS) is 21.7. The maximum Gasteiger partial charge on any atom is 0.223 e. The first-order valence-electron chi connectivity index (χ1n) is 7.82. The Morgan fingerprint density at radius 1 is 1.35 bits per heavy atom. The second kappa shape index (κ2) is 7.79. The summed E-state index contributed by atoms with van der Waals surface area (Å²) in [4.78, 5) is 12.2. The van der Waals surface area contributed by atoms with E-state index in [1.165, 1.54) is 12.1 Å². The number of carbonyl (C=O) groups is 1. The molecule has 1 heterocycles. The van der Waals surface area contributed by atoms with Crippen molar-refractivity contribution in [2.24, 2.45) is 0 Å². The van der Waals surface area contributed by atoms with E-state index in [0.717, 1.165) is 25.6 Å². The Labute approximate surface area is 137 Å². The summed E-state index contributed by atoms with van der Waals surface area (Å²) in [6, 6.07) is 6.66. The van der Waals surface area contributed by atoms with Crippen LogP contribution in [0.2, 0.25) is 0 Å². The maximum atomic E-state index is 11.9. The van der Waals surface area contributed by atoms with Crippen molar-refractivity contribution in [2.45, 2.75) is 43.2 Å². The summed E-state index contributed by atoms with van der Waals surface area (Å²) in [6.45, 7) is 3.34. The van der Waals surface area contributed by atoms with Crippen molar-refractivity contribution in [3.63, 3.8) is 0 Å². The maximum absolute atomic E-state index is 11.9. The number of benzene rings is 1. The Morgan fingerprint density at radius 3 is 2.65 bits per heavy atom. The molecule has 0 saturated carbocycles. The minimum atomic E-state index is -3.20. The van der Waals surface area contributed by atoms with E-state index in [1.54, 1.807) is 12.1 Å². The monoisotopic (exact) mass is 340 g/mol. The molecule has 0 spiro atoms. The lowest BCUT2D eigenvalue weighted by Crippen LogP contribution is -2.52. The van der Waals surface area contributed by atoms with Crippen molar-refractivity contribution in [1.82, 2.24) is 10.6 Å². The standard InChI is InChI=1S/C16H24N2O4S/c1-12-15(4-3-10-17-12)18-16(19)9-11-22-13-5-7-14(8-6-13)23(2,20)21/h5-8,12,15,17H,3-4,9-11H2,1-2H3,(H,18,19). The van der Waals surface area contributed by atoms with Gasteiger partial charge in [0.1, 0.15) is 5.75 Å². The molecule has 23 heavy (non-hydrogen) atoms. The van der Waals surface area contributed by atoms with E-state index in [-0.39, 0.29) is 35.9 Å². The van der Waals surface area contributed by atoms with Crippen LogP contribution >= 0.6 is 0 Å². The van der Waals surface area contributed by atoms with E-state index < -0.39 is 9.84 Å². The number of hydrogen-bond donors (Lipinski definition) is 2. The Balaban J connectivity index is 1.75. The van der Waals surface area contributed by atoms with Crippen molar-refractivity contribution in [1.29, 1.82) is 0 Å². The van der Waals surface area contributed by atoms with Crippen LogP contribution in [-0.4, -0.2) is 45.8 Å². The Morgan fingerprint density at radius 2 is 2.04 bits per heavy atom. The highest BCUT2D eigenvalue weighted by molar-refractivity contribution is 7.90. The fourth-order valence-corrected chi connectivity index (χ4v) is 3.20. The highest BCUT2D eigenvalue weighted by Gasteiger charge is 2.22. The van der Waals surface area contributed by atoms with Gasteiger partial charge in [-0.15, -0.1) is 0 Å². The summed E-state index contributed by atoms with van der Waals surface area (Å²) in [5.41, 5.74) is 0. The summed E-state index contributed by atoms with van der Waals surface area (Å²) in [7, 11) is -3.20. The van der Waals surface area contributed by atoms with E-state index in [1.807, 2.05) is 0 Å². The molecule has 1 aliphatic rings. The summed E-state index contributed by atoms with van der Waals surface area (Å²) < 4.78 is 28.2. The minimum Gasteiger partial charge on any atom is -0.493 e. The lowest BCUT2D eigenvalue weighted by Gasteiger charge is -2.30. The van der Waals surface area contributed by atoms with Crippen LogP contribution in [0.15, 0.2) is 29.2 Å². The van der Waals surface area contributed by atoms with Crippen LogP contribution in [0.4, 0.5) is 0 Å². The first-order valence-corrected chi connectivity index (χ1v) is 9.71. The van der Waals surface area contributed by atoms with E-state index in [4.69, 9.17) is 4.74 Å². The van der Waals surface area contributed by atoms with E-state index in [0.29, 0.717) is 5.75 Å². The smallest absolute Gasteiger partial charge is 0.223 e. The van der Waals surface area contributed by atoms with Crippen molar-refractivity contribution >= 4 is 15.7 Å². The van der Waals surface area contributed by atoms with Gasteiger partial charge in [-0.1, -0.05) is 0 Å². The van der Waals surface area contributed by atoms with Gasteiger partial charge in [0.05, 0.1) is 17.9 Å². The van der Waals surface area contributed by atoms with Gasteiger partial charge in [0, 0.05) is 18.3 Å². The van der Waals surface area contributed by atoms with E-state index in [2.05, 4.69) is 17.6 Å². The van der Waals surface area contributed by atoms with Crippen molar-refractivity contribution in [2.75, 3.05) is 19.4 Å². The Kier molecular flexibility index (Phi) is 6.01. The third-order valence-electron chi connectivity index (χ3n) is 3.96. The van der Waals surface area contributed by atoms with Crippen molar-refractivity contribution < 1.29 is 17.9 Å². The van der Waals surface area contributed by atoms with Crippen molar-refractivity contribution in [3.8, 4) is 5.75 Å². The Bertz CT molecular complexity index is 628. The molecular formula is C16H24N2O4S. The van der Waals surface area contributed by atoms with Crippen LogP contribution in [0, 0.1) is 0 Å². The predicted molar refractivity (Wildman–Crippen MR) is 88.3 cm³/mol. The molecule has 1 fully saturated rings. The average Bonchev–Trinajstić information content (AvgIpc) is 2.49.